The van der Waals surface area contributed by atoms with Crippen LogP contribution in [0, 0.1) is 11.7 Å². The van der Waals surface area contributed by atoms with E-state index in [1.807, 2.05) is 17.6 Å². The number of aliphatic imine (C=N–C) groups is 1. The molecule has 41 heavy (non-hydrogen) atoms. The summed E-state index contributed by atoms with van der Waals surface area (Å²) in [6, 6.07) is 3.18. The first kappa shape index (κ1) is 29.2. The third-order valence-corrected chi connectivity index (χ3v) is 8.79. The predicted molar refractivity (Wildman–Crippen MR) is 164 cm³/mol. The van der Waals surface area contributed by atoms with Gasteiger partial charge in [0, 0.05) is 36.7 Å². The van der Waals surface area contributed by atoms with Gasteiger partial charge in [-0.15, -0.1) is 0 Å². The molecule has 3 aromatic rings. The Morgan fingerprint density at radius 1 is 1.17 bits per heavy atom. The van der Waals surface area contributed by atoms with E-state index in [-0.39, 0.29) is 17.5 Å². The summed E-state index contributed by atoms with van der Waals surface area (Å²) in [4.78, 5) is 21.8. The summed E-state index contributed by atoms with van der Waals surface area (Å²) < 4.78 is 30.4. The van der Waals surface area contributed by atoms with Crippen LogP contribution in [0.25, 0.3) is 27.5 Å². The molecule has 220 valence electrons. The summed E-state index contributed by atoms with van der Waals surface area (Å²) >= 11 is 0. The molecule has 0 radical (unpaired) electrons. The van der Waals surface area contributed by atoms with E-state index in [2.05, 4.69) is 16.7 Å². The predicted octanol–water partition coefficient (Wildman–Crippen LogP) is 7.48. The first-order valence-corrected chi connectivity index (χ1v) is 15.2. The lowest BCUT2D eigenvalue weighted by Gasteiger charge is -2.23. The molecule has 0 bridgehead atoms. The molecule has 3 heterocycles. The Morgan fingerprint density at radius 3 is 2.68 bits per heavy atom. The van der Waals surface area contributed by atoms with E-state index in [1.54, 1.807) is 30.0 Å². The number of benzene rings is 1. The minimum Gasteiger partial charge on any atom is -0.478 e. The molecule has 1 saturated carbocycles. The van der Waals surface area contributed by atoms with Gasteiger partial charge in [0.15, 0.2) is 0 Å². The minimum atomic E-state index is -0.370. The zero-order chi connectivity index (χ0) is 28.8. The van der Waals surface area contributed by atoms with Gasteiger partial charge >= 0.3 is 5.69 Å². The molecule has 0 amide bonds. The summed E-state index contributed by atoms with van der Waals surface area (Å²) in [5, 5.41) is 0.742. The Labute approximate surface area is 241 Å². The van der Waals surface area contributed by atoms with Crippen molar-refractivity contribution in [1.82, 2.24) is 14.1 Å². The van der Waals surface area contributed by atoms with Gasteiger partial charge in [-0.25, -0.2) is 14.2 Å². The molecule has 1 aliphatic heterocycles. The van der Waals surface area contributed by atoms with Crippen LogP contribution >= 0.6 is 0 Å². The quantitative estimate of drug-likeness (QED) is 0.117. The average Bonchev–Trinajstić information content (AvgIpc) is 3.23. The normalized spacial score (nSPS) is 19.8. The Balaban J connectivity index is 1.37. The molecule has 7 nitrogen and oxygen atoms in total. The molecule has 1 atom stereocenters. The summed E-state index contributed by atoms with van der Waals surface area (Å²) in [5.74, 6) is 0.862. The molecular weight excluding hydrogens is 519 g/mol. The molecule has 1 aromatic carbocycles. The highest BCUT2D eigenvalue weighted by molar-refractivity contribution is 6.03. The second-order valence-corrected chi connectivity index (χ2v) is 11.6. The maximum Gasteiger partial charge on any atom is 0.329 e. The zero-order valence-corrected chi connectivity index (χ0v) is 24.5. The lowest BCUT2D eigenvalue weighted by molar-refractivity contribution is 0.0593. The second kappa shape index (κ2) is 13.6. The number of imidazole rings is 1. The Morgan fingerprint density at radius 2 is 1.95 bits per heavy atom. The van der Waals surface area contributed by atoms with Crippen molar-refractivity contribution in [3.05, 3.63) is 58.2 Å². The Kier molecular flexibility index (Phi) is 9.70. The van der Waals surface area contributed by atoms with E-state index >= 15 is 4.39 Å². The number of halogens is 1. The molecule has 5 rings (SSSR count). The number of rotatable bonds is 9. The fourth-order valence-electron chi connectivity index (χ4n) is 6.43. The number of pyridine rings is 1. The molecule has 2 fully saturated rings. The van der Waals surface area contributed by atoms with Crippen molar-refractivity contribution in [2.24, 2.45) is 18.0 Å². The van der Waals surface area contributed by atoms with Crippen LogP contribution in [0.15, 0.2) is 46.2 Å². The zero-order valence-electron chi connectivity index (χ0n) is 24.5. The van der Waals surface area contributed by atoms with Gasteiger partial charge in [0.2, 0.25) is 5.88 Å². The molecule has 1 saturated heterocycles. The minimum absolute atomic E-state index is 0.0657. The second-order valence-electron chi connectivity index (χ2n) is 11.6. The van der Waals surface area contributed by atoms with Crippen molar-refractivity contribution in [1.29, 1.82) is 0 Å². The number of allylic oxidation sites excluding steroid dienone is 3. The third kappa shape index (κ3) is 6.64. The number of fused-ring (bicyclic) bond motifs is 3. The van der Waals surface area contributed by atoms with Crippen molar-refractivity contribution in [3.63, 3.8) is 0 Å². The monoisotopic (exact) mass is 562 g/mol. The summed E-state index contributed by atoms with van der Waals surface area (Å²) in [7, 11) is 1.75. The van der Waals surface area contributed by atoms with Gasteiger partial charge < -0.3 is 9.47 Å². The number of aryl methyl sites for hydroxylation is 1. The van der Waals surface area contributed by atoms with E-state index in [0.29, 0.717) is 42.4 Å². The van der Waals surface area contributed by atoms with Gasteiger partial charge in [-0.2, -0.15) is 0 Å². The maximum absolute atomic E-state index is 15.3. The molecule has 1 aliphatic carbocycles. The summed E-state index contributed by atoms with van der Waals surface area (Å²) in [6.07, 6.45) is 18.6. The van der Waals surface area contributed by atoms with E-state index in [1.165, 1.54) is 57.4 Å². The number of hydrogen-bond acceptors (Lipinski definition) is 5. The lowest BCUT2D eigenvalue weighted by Crippen LogP contribution is -2.31. The summed E-state index contributed by atoms with van der Waals surface area (Å²) in [5.41, 5.74) is 3.05. The van der Waals surface area contributed by atoms with Gasteiger partial charge in [-0.1, -0.05) is 51.0 Å². The molecule has 0 spiro atoms. The molecule has 0 unspecified atom stereocenters. The smallest absolute Gasteiger partial charge is 0.329 e. The van der Waals surface area contributed by atoms with Crippen LogP contribution in [0.3, 0.4) is 0 Å². The maximum atomic E-state index is 15.3. The van der Waals surface area contributed by atoms with Crippen LogP contribution in [0.5, 0.6) is 0 Å². The largest absolute Gasteiger partial charge is 0.478 e. The molecule has 8 heteroatoms. The van der Waals surface area contributed by atoms with Crippen LogP contribution < -0.4 is 5.69 Å². The number of aromatic nitrogens is 3. The van der Waals surface area contributed by atoms with Crippen LogP contribution in [0.1, 0.15) is 89.2 Å². The van der Waals surface area contributed by atoms with E-state index in [9.17, 15) is 4.79 Å². The highest BCUT2D eigenvalue weighted by atomic mass is 19.1. The molecular formula is C33H43FN4O3. The number of hydrogen-bond donors (Lipinski definition) is 0. The van der Waals surface area contributed by atoms with Gasteiger partial charge in [-0.3, -0.25) is 14.1 Å². The van der Waals surface area contributed by atoms with Crippen LogP contribution in [-0.4, -0.2) is 40.7 Å². The van der Waals surface area contributed by atoms with Crippen molar-refractivity contribution < 1.29 is 13.9 Å². The topological polar surface area (TPSA) is 70.6 Å². The number of ether oxygens (including phenoxy) is 2. The van der Waals surface area contributed by atoms with E-state index in [4.69, 9.17) is 9.47 Å². The van der Waals surface area contributed by atoms with Crippen molar-refractivity contribution in [2.45, 2.75) is 83.6 Å². The highest BCUT2D eigenvalue weighted by Gasteiger charge is 2.24. The molecule has 0 N–H and O–H groups in total. The van der Waals surface area contributed by atoms with Crippen LogP contribution in [0.2, 0.25) is 0 Å². The third-order valence-electron chi connectivity index (χ3n) is 8.79. The average molecular weight is 563 g/mol. The summed E-state index contributed by atoms with van der Waals surface area (Å²) in [6.45, 7) is 7.30. The standard InChI is InChI=1S/C33H43FN4O3/c1-23(15-16-31(35-2)41-18-9-13-24-11-7-5-4-6-8-12-24)26-19-27-29(20-28(26)34)36-21-30-32(27)38(33(39)37(30)3)25-14-10-17-40-22-25/h15-16,19-21,24-25H,2,4-14,17-18,22H2,1,3H3/b23-15+,31-16+/t25-/m0/s1. The van der Waals surface area contributed by atoms with Crippen LogP contribution in [-0.2, 0) is 16.5 Å². The van der Waals surface area contributed by atoms with E-state index < -0.39 is 0 Å². The van der Waals surface area contributed by atoms with Gasteiger partial charge in [0.05, 0.1) is 42.0 Å². The number of nitrogens with zero attached hydrogens (tertiary/aromatic N) is 4. The molecule has 2 aliphatic rings. The highest BCUT2D eigenvalue weighted by Crippen LogP contribution is 2.32. The van der Waals surface area contributed by atoms with Gasteiger partial charge in [0.1, 0.15) is 5.82 Å². The fourth-order valence-corrected chi connectivity index (χ4v) is 6.43. The van der Waals surface area contributed by atoms with Crippen LogP contribution in [0.4, 0.5) is 4.39 Å². The first-order valence-electron chi connectivity index (χ1n) is 15.2. The Hall–Kier alpha value is -3.26. The van der Waals surface area contributed by atoms with Crippen molar-refractivity contribution >= 4 is 34.2 Å². The van der Waals surface area contributed by atoms with Gasteiger partial charge in [-0.05, 0) is 56.9 Å². The van der Waals surface area contributed by atoms with Crippen molar-refractivity contribution in [3.8, 4) is 0 Å². The fraction of sp³-hybridized carbons (Fsp3) is 0.545. The SMILES string of the molecule is C=N/C(=C\C=C(/C)c1cc2c(cc1F)ncc1c2n([C@H]2CCCOC2)c(=O)n1C)OCCCC1CCCCCCC1. The lowest BCUT2D eigenvalue weighted by atomic mass is 9.88. The van der Waals surface area contributed by atoms with Gasteiger partial charge in [0.25, 0.3) is 0 Å². The molecule has 2 aromatic heterocycles. The Bertz CT molecular complexity index is 1490. The first-order chi connectivity index (χ1) is 20.0. The van der Waals surface area contributed by atoms with Crippen molar-refractivity contribution in [2.75, 3.05) is 19.8 Å². The van der Waals surface area contributed by atoms with E-state index in [0.717, 1.165) is 41.6 Å².